The Labute approximate surface area is 389 Å². The van der Waals surface area contributed by atoms with Crippen LogP contribution in [0.2, 0.25) is 0 Å². The number of amides is 1. The number of ether oxygens (including phenoxy) is 1. The molecule has 0 aliphatic rings. The van der Waals surface area contributed by atoms with Gasteiger partial charge in [0, 0.05) is 6.42 Å². The fraction of sp³-hybridized carbons (Fsp3) is 0.719. The summed E-state index contributed by atoms with van der Waals surface area (Å²) in [6, 6.07) is -0.728. The Hall–Kier alpha value is -2.96. The first-order valence-electron chi connectivity index (χ1n) is 26.3. The van der Waals surface area contributed by atoms with E-state index in [2.05, 4.69) is 105 Å². The highest BCUT2D eigenvalue weighted by Gasteiger charge is 2.23. The summed E-state index contributed by atoms with van der Waals surface area (Å²) < 4.78 is 5.87. The Morgan fingerprint density at radius 2 is 0.873 bits per heavy atom. The van der Waals surface area contributed by atoms with Gasteiger partial charge in [-0.25, -0.2) is 0 Å². The minimum absolute atomic E-state index is 0.0232. The van der Waals surface area contributed by atoms with Crippen LogP contribution >= 0.6 is 0 Å². The number of aliphatic hydroxyl groups is 2. The van der Waals surface area contributed by atoms with Crippen molar-refractivity contribution in [3.8, 4) is 0 Å². The molecule has 0 saturated carbocycles. The Morgan fingerprint density at radius 1 is 0.476 bits per heavy atom. The highest BCUT2D eigenvalue weighted by molar-refractivity contribution is 5.77. The minimum Gasteiger partial charge on any atom is -0.462 e. The lowest BCUT2D eigenvalue weighted by Gasteiger charge is -2.24. The summed E-state index contributed by atoms with van der Waals surface area (Å²) in [6.45, 7) is 6.34. The number of nitrogens with one attached hydrogen (secondary N) is 1. The van der Waals surface area contributed by atoms with Crippen LogP contribution in [0.3, 0.4) is 0 Å². The van der Waals surface area contributed by atoms with Crippen molar-refractivity contribution in [2.75, 3.05) is 6.61 Å². The first-order valence-corrected chi connectivity index (χ1v) is 26.3. The molecule has 6 nitrogen and oxygen atoms in total. The van der Waals surface area contributed by atoms with Gasteiger partial charge in [0.15, 0.2) is 0 Å². The van der Waals surface area contributed by atoms with E-state index in [0.29, 0.717) is 19.3 Å². The normalized spacial score (nSPS) is 13.9. The van der Waals surface area contributed by atoms with E-state index in [0.717, 1.165) is 77.0 Å². The van der Waals surface area contributed by atoms with Crippen molar-refractivity contribution in [2.24, 2.45) is 0 Å². The number of hydrogen-bond donors (Lipinski definition) is 3. The molecular formula is C57H99NO5. The van der Waals surface area contributed by atoms with Crippen LogP contribution in [0.4, 0.5) is 0 Å². The van der Waals surface area contributed by atoms with Gasteiger partial charge in [0.05, 0.1) is 25.2 Å². The predicted octanol–water partition coefficient (Wildman–Crippen LogP) is 16.0. The van der Waals surface area contributed by atoms with Crippen molar-refractivity contribution in [1.82, 2.24) is 5.32 Å². The van der Waals surface area contributed by atoms with Crippen LogP contribution in [0.15, 0.2) is 85.1 Å². The number of allylic oxidation sites excluding steroid dienone is 14. The number of unbranched alkanes of at least 4 members (excludes halogenated alkanes) is 20. The lowest BCUT2D eigenvalue weighted by Crippen LogP contribution is -2.46. The fourth-order valence-electron chi connectivity index (χ4n) is 7.52. The molecule has 3 N–H and O–H groups in total. The molecule has 362 valence electrons. The van der Waals surface area contributed by atoms with Crippen LogP contribution in [0.25, 0.3) is 0 Å². The predicted molar refractivity (Wildman–Crippen MR) is 273 cm³/mol. The Balaban J connectivity index is 4.70. The van der Waals surface area contributed by atoms with Crippen LogP contribution in [-0.2, 0) is 14.3 Å². The molecule has 0 aliphatic carbocycles. The average molecular weight is 878 g/mol. The van der Waals surface area contributed by atoms with E-state index < -0.39 is 18.2 Å². The maximum absolute atomic E-state index is 13.2. The first-order chi connectivity index (χ1) is 31.0. The van der Waals surface area contributed by atoms with Gasteiger partial charge in [0.25, 0.3) is 0 Å². The van der Waals surface area contributed by atoms with Gasteiger partial charge < -0.3 is 20.3 Å². The van der Waals surface area contributed by atoms with Gasteiger partial charge in [-0.15, -0.1) is 0 Å². The maximum Gasteiger partial charge on any atom is 0.306 e. The topological polar surface area (TPSA) is 95.9 Å². The van der Waals surface area contributed by atoms with E-state index in [9.17, 15) is 19.8 Å². The van der Waals surface area contributed by atoms with Gasteiger partial charge >= 0.3 is 5.97 Å². The highest BCUT2D eigenvalue weighted by Crippen LogP contribution is 2.16. The van der Waals surface area contributed by atoms with Crippen molar-refractivity contribution < 1.29 is 24.5 Å². The van der Waals surface area contributed by atoms with Crippen LogP contribution in [-0.4, -0.2) is 46.9 Å². The monoisotopic (exact) mass is 878 g/mol. The lowest BCUT2D eigenvalue weighted by molar-refractivity contribution is -0.150. The van der Waals surface area contributed by atoms with Gasteiger partial charge in [0.2, 0.25) is 5.91 Å². The molecule has 3 atom stereocenters. The average Bonchev–Trinajstić information content (AvgIpc) is 3.28. The zero-order valence-corrected chi connectivity index (χ0v) is 41.2. The molecule has 0 spiro atoms. The van der Waals surface area contributed by atoms with Crippen LogP contribution < -0.4 is 5.32 Å². The Morgan fingerprint density at radius 3 is 1.33 bits per heavy atom. The second kappa shape index (κ2) is 50.0. The molecule has 1 amide bonds. The van der Waals surface area contributed by atoms with Crippen LogP contribution in [0.5, 0.6) is 0 Å². The first kappa shape index (κ1) is 60.0. The van der Waals surface area contributed by atoms with E-state index in [1.807, 2.05) is 6.08 Å². The number of aliphatic hydroxyl groups excluding tert-OH is 2. The van der Waals surface area contributed by atoms with Crippen LogP contribution in [0.1, 0.15) is 239 Å². The number of rotatable bonds is 46. The number of carbonyl (C=O) groups excluding carboxylic acids is 2. The summed E-state index contributed by atoms with van der Waals surface area (Å²) in [5.41, 5.74) is 0. The van der Waals surface area contributed by atoms with Crippen molar-refractivity contribution in [3.63, 3.8) is 0 Å². The third-order valence-corrected chi connectivity index (χ3v) is 11.5. The van der Waals surface area contributed by atoms with E-state index in [4.69, 9.17) is 4.74 Å². The van der Waals surface area contributed by atoms with Crippen molar-refractivity contribution >= 4 is 11.9 Å². The second-order valence-electron chi connectivity index (χ2n) is 17.5. The number of hydrogen-bond acceptors (Lipinski definition) is 5. The fourth-order valence-corrected chi connectivity index (χ4v) is 7.52. The number of esters is 1. The zero-order chi connectivity index (χ0) is 45.9. The molecule has 0 fully saturated rings. The summed E-state index contributed by atoms with van der Waals surface area (Å²) >= 11 is 0. The van der Waals surface area contributed by atoms with Crippen molar-refractivity contribution in [2.45, 2.75) is 257 Å². The summed E-state index contributed by atoms with van der Waals surface area (Å²) in [6.07, 6.45) is 65.1. The molecule has 0 aromatic rings. The second-order valence-corrected chi connectivity index (χ2v) is 17.5. The SMILES string of the molecule is CC/C=C\C/C=C\C/C=C\C/C=C\C/C=C\C/C=C\CCC(=O)OC(CCC/C=C\CCCCCCCCC)CC(=O)NC(CO)C(O)CCCCCCCCCCCCCCC. The molecule has 0 heterocycles. The molecule has 0 radical (unpaired) electrons. The molecule has 0 aromatic carbocycles. The third kappa shape index (κ3) is 45.4. The molecule has 3 unspecified atom stereocenters. The summed E-state index contributed by atoms with van der Waals surface area (Å²) in [7, 11) is 0. The lowest BCUT2D eigenvalue weighted by atomic mass is 10.0. The molecule has 0 saturated heterocycles. The van der Waals surface area contributed by atoms with Crippen molar-refractivity contribution in [1.29, 1.82) is 0 Å². The van der Waals surface area contributed by atoms with E-state index >= 15 is 0 Å². The molecule has 0 rings (SSSR count). The smallest absolute Gasteiger partial charge is 0.306 e. The van der Waals surface area contributed by atoms with E-state index in [1.54, 1.807) is 0 Å². The standard InChI is InChI=1S/C57H99NO5/c1-4-7-10-13-16-19-22-25-26-27-28-29-30-32-35-38-41-44-47-50-57(62)63-53(48-45-42-39-36-33-24-21-18-15-12-9-6-3)51-56(61)58-54(52-59)55(60)49-46-43-40-37-34-31-23-20-17-14-11-8-5-2/h7,10,16,19,25-26,28-29,32,35-36,39,41,44,53-55,59-60H,4-6,8-9,11-15,17-18,20-24,27,30-31,33-34,37-38,40,42-43,45-52H2,1-3H3,(H,58,61)/b10-7-,19-16-,26-25-,29-28-,35-32-,39-36-,44-41-. The van der Waals surface area contributed by atoms with Crippen molar-refractivity contribution in [3.05, 3.63) is 85.1 Å². The molecular weight excluding hydrogens is 779 g/mol. The van der Waals surface area contributed by atoms with E-state index in [1.165, 1.54) is 109 Å². The summed E-state index contributed by atoms with van der Waals surface area (Å²) in [5, 5.41) is 23.7. The Bertz CT molecular complexity index is 1210. The molecule has 0 bridgehead atoms. The van der Waals surface area contributed by atoms with Gasteiger partial charge in [-0.1, -0.05) is 228 Å². The molecule has 6 heteroatoms. The molecule has 0 aromatic heterocycles. The minimum atomic E-state index is -0.810. The number of carbonyl (C=O) groups is 2. The van der Waals surface area contributed by atoms with Crippen LogP contribution in [0, 0.1) is 0 Å². The summed E-state index contributed by atoms with van der Waals surface area (Å²) in [4.78, 5) is 26.1. The largest absolute Gasteiger partial charge is 0.462 e. The highest BCUT2D eigenvalue weighted by atomic mass is 16.5. The molecule has 63 heavy (non-hydrogen) atoms. The summed E-state index contributed by atoms with van der Waals surface area (Å²) in [5.74, 6) is -0.606. The maximum atomic E-state index is 13.2. The van der Waals surface area contributed by atoms with E-state index in [-0.39, 0.29) is 31.3 Å². The van der Waals surface area contributed by atoms with Gasteiger partial charge in [-0.2, -0.15) is 0 Å². The third-order valence-electron chi connectivity index (χ3n) is 11.5. The van der Waals surface area contributed by atoms with Gasteiger partial charge in [-0.3, -0.25) is 9.59 Å². The van der Waals surface area contributed by atoms with Gasteiger partial charge in [0.1, 0.15) is 6.10 Å². The molecule has 0 aliphatic heterocycles. The quantitative estimate of drug-likeness (QED) is 0.0322. The zero-order valence-electron chi connectivity index (χ0n) is 41.2. The Kier molecular flexibility index (Phi) is 47.7. The van der Waals surface area contributed by atoms with Gasteiger partial charge in [-0.05, 0) is 83.5 Å².